The molecule has 0 atom stereocenters. The van der Waals surface area contributed by atoms with Gasteiger partial charge in [0, 0.05) is 24.7 Å². The molecule has 1 fully saturated rings. The smallest absolute Gasteiger partial charge is 0.243 e. The second-order valence-electron chi connectivity index (χ2n) is 6.79. The Morgan fingerprint density at radius 3 is 2.39 bits per heavy atom. The summed E-state index contributed by atoms with van der Waals surface area (Å²) < 4.78 is 26.9. The van der Waals surface area contributed by atoms with E-state index in [1.807, 2.05) is 13.0 Å². The van der Waals surface area contributed by atoms with E-state index in [1.165, 1.54) is 10.4 Å². The number of halogens is 1. The number of nitriles is 1. The molecule has 8 heteroatoms. The number of hydrogen-bond donors (Lipinski definition) is 1. The highest BCUT2D eigenvalue weighted by Gasteiger charge is 2.32. The molecule has 0 spiro atoms. The molecule has 0 unspecified atom stereocenters. The number of sulfonamides is 1. The number of carbonyl (C=O) groups is 1. The SMILES string of the molecule is Cc1ccc(S(=O)(=O)N2CCC(C(=O)Nc3ccc(C#N)c(Cl)c3)CC2)cc1. The van der Waals surface area contributed by atoms with Crippen LogP contribution in [-0.4, -0.2) is 31.7 Å². The van der Waals surface area contributed by atoms with E-state index in [2.05, 4.69) is 5.32 Å². The molecule has 2 aromatic rings. The number of hydrogen-bond acceptors (Lipinski definition) is 4. The Morgan fingerprint density at radius 2 is 1.82 bits per heavy atom. The van der Waals surface area contributed by atoms with Gasteiger partial charge in [0.25, 0.3) is 0 Å². The summed E-state index contributed by atoms with van der Waals surface area (Å²) in [5.74, 6) is -0.452. The van der Waals surface area contributed by atoms with Gasteiger partial charge in [0.15, 0.2) is 0 Å². The van der Waals surface area contributed by atoms with Crippen molar-refractivity contribution in [1.82, 2.24) is 4.31 Å². The number of piperidine rings is 1. The zero-order valence-electron chi connectivity index (χ0n) is 15.4. The van der Waals surface area contributed by atoms with Crippen molar-refractivity contribution in [2.24, 2.45) is 5.92 Å². The van der Waals surface area contributed by atoms with Crippen LogP contribution in [0.2, 0.25) is 5.02 Å². The Kier molecular flexibility index (Phi) is 6.04. The van der Waals surface area contributed by atoms with Crippen molar-refractivity contribution in [3.8, 4) is 6.07 Å². The molecule has 1 N–H and O–H groups in total. The molecule has 0 bridgehead atoms. The lowest BCUT2D eigenvalue weighted by Crippen LogP contribution is -2.41. The fourth-order valence-corrected chi connectivity index (χ4v) is 4.84. The molecule has 2 aromatic carbocycles. The summed E-state index contributed by atoms with van der Waals surface area (Å²) in [5, 5.41) is 12.0. The highest BCUT2D eigenvalue weighted by atomic mass is 35.5. The Balaban J connectivity index is 1.62. The molecular weight excluding hydrogens is 398 g/mol. The Morgan fingerprint density at radius 1 is 1.18 bits per heavy atom. The average Bonchev–Trinajstić information content (AvgIpc) is 2.68. The predicted octanol–water partition coefficient (Wildman–Crippen LogP) is 3.56. The highest BCUT2D eigenvalue weighted by molar-refractivity contribution is 7.89. The minimum Gasteiger partial charge on any atom is -0.326 e. The number of nitrogens with zero attached hydrogens (tertiary/aromatic N) is 2. The van der Waals surface area contributed by atoms with E-state index in [0.717, 1.165) is 5.56 Å². The van der Waals surface area contributed by atoms with Crippen molar-refractivity contribution in [2.45, 2.75) is 24.7 Å². The van der Waals surface area contributed by atoms with Gasteiger partial charge in [-0.2, -0.15) is 9.57 Å². The van der Waals surface area contributed by atoms with Crippen molar-refractivity contribution < 1.29 is 13.2 Å². The van der Waals surface area contributed by atoms with Crippen LogP contribution < -0.4 is 5.32 Å². The molecule has 1 aliphatic heterocycles. The van der Waals surface area contributed by atoms with Crippen LogP contribution in [0.3, 0.4) is 0 Å². The topological polar surface area (TPSA) is 90.3 Å². The number of nitrogens with one attached hydrogen (secondary N) is 1. The first-order valence-corrected chi connectivity index (χ1v) is 10.7. The summed E-state index contributed by atoms with van der Waals surface area (Å²) in [7, 11) is -3.55. The molecule has 0 aliphatic carbocycles. The maximum atomic E-state index is 12.7. The van der Waals surface area contributed by atoms with Crippen LogP contribution >= 0.6 is 11.6 Å². The van der Waals surface area contributed by atoms with Gasteiger partial charge in [-0.25, -0.2) is 8.42 Å². The van der Waals surface area contributed by atoms with Crippen LogP contribution in [0.25, 0.3) is 0 Å². The summed E-state index contributed by atoms with van der Waals surface area (Å²) >= 11 is 5.99. The summed E-state index contributed by atoms with van der Waals surface area (Å²) in [4.78, 5) is 12.8. The quantitative estimate of drug-likeness (QED) is 0.823. The zero-order chi connectivity index (χ0) is 20.3. The van der Waals surface area contributed by atoms with E-state index >= 15 is 0 Å². The van der Waals surface area contributed by atoms with Gasteiger partial charge in [0.2, 0.25) is 15.9 Å². The molecule has 3 rings (SSSR count). The van der Waals surface area contributed by atoms with Crippen molar-refractivity contribution in [3.63, 3.8) is 0 Å². The molecule has 0 saturated carbocycles. The lowest BCUT2D eigenvalue weighted by molar-refractivity contribution is -0.120. The molecule has 6 nitrogen and oxygen atoms in total. The lowest BCUT2D eigenvalue weighted by Gasteiger charge is -2.30. The van der Waals surface area contributed by atoms with Gasteiger partial charge in [-0.1, -0.05) is 29.3 Å². The largest absolute Gasteiger partial charge is 0.326 e. The molecule has 1 amide bonds. The number of aryl methyl sites for hydroxylation is 1. The summed E-state index contributed by atoms with van der Waals surface area (Å²) in [6.07, 6.45) is 0.891. The van der Waals surface area contributed by atoms with Crippen LogP contribution in [0.15, 0.2) is 47.4 Å². The van der Waals surface area contributed by atoms with Crippen LogP contribution in [0.4, 0.5) is 5.69 Å². The minimum absolute atomic E-state index is 0.173. The highest BCUT2D eigenvalue weighted by Crippen LogP contribution is 2.26. The van der Waals surface area contributed by atoms with E-state index in [-0.39, 0.29) is 21.7 Å². The first-order chi connectivity index (χ1) is 13.3. The van der Waals surface area contributed by atoms with Crippen LogP contribution in [0.1, 0.15) is 24.0 Å². The molecule has 0 aromatic heterocycles. The van der Waals surface area contributed by atoms with Crippen molar-refractivity contribution in [2.75, 3.05) is 18.4 Å². The van der Waals surface area contributed by atoms with Gasteiger partial charge in [-0.3, -0.25) is 4.79 Å². The number of benzene rings is 2. The second-order valence-corrected chi connectivity index (χ2v) is 9.13. The van der Waals surface area contributed by atoms with Gasteiger partial charge in [-0.15, -0.1) is 0 Å². The second kappa shape index (κ2) is 8.31. The van der Waals surface area contributed by atoms with Crippen LogP contribution in [0, 0.1) is 24.2 Å². The number of rotatable bonds is 4. The number of anilines is 1. The third-order valence-electron chi connectivity index (χ3n) is 4.84. The van der Waals surface area contributed by atoms with Gasteiger partial charge >= 0.3 is 0 Å². The van der Waals surface area contributed by atoms with Crippen LogP contribution in [0.5, 0.6) is 0 Å². The first kappa shape index (κ1) is 20.3. The van der Waals surface area contributed by atoms with Crippen molar-refractivity contribution in [1.29, 1.82) is 5.26 Å². The Hall–Kier alpha value is -2.40. The Bertz CT molecular complexity index is 1020. The van der Waals surface area contributed by atoms with Gasteiger partial charge in [-0.05, 0) is 50.1 Å². The van der Waals surface area contributed by atoms with Crippen LogP contribution in [-0.2, 0) is 14.8 Å². The number of carbonyl (C=O) groups excluding carboxylic acids is 1. The van der Waals surface area contributed by atoms with E-state index < -0.39 is 10.0 Å². The molecule has 1 aliphatic rings. The monoisotopic (exact) mass is 417 g/mol. The summed E-state index contributed by atoms with van der Waals surface area (Å²) in [5.41, 5.74) is 1.86. The van der Waals surface area contributed by atoms with E-state index in [1.54, 1.807) is 36.4 Å². The predicted molar refractivity (Wildman–Crippen MR) is 107 cm³/mol. The Labute approximate surface area is 169 Å². The molecule has 146 valence electrons. The van der Waals surface area contributed by atoms with E-state index in [9.17, 15) is 13.2 Å². The van der Waals surface area contributed by atoms with Gasteiger partial charge in [0.1, 0.15) is 6.07 Å². The average molecular weight is 418 g/mol. The standard InChI is InChI=1S/C20H20ClN3O3S/c1-14-2-6-18(7-3-14)28(26,27)24-10-8-15(9-11-24)20(25)23-17-5-4-16(13-22)19(21)12-17/h2-7,12,15H,8-11H2,1H3,(H,23,25). The van der Waals surface area contributed by atoms with E-state index in [4.69, 9.17) is 16.9 Å². The number of amides is 1. The maximum Gasteiger partial charge on any atom is 0.243 e. The molecule has 28 heavy (non-hydrogen) atoms. The summed E-state index contributed by atoms with van der Waals surface area (Å²) in [6.45, 7) is 2.49. The molecular formula is C20H20ClN3O3S. The summed E-state index contributed by atoms with van der Waals surface area (Å²) in [6, 6.07) is 13.4. The molecule has 1 heterocycles. The fourth-order valence-electron chi connectivity index (χ4n) is 3.15. The molecule has 0 radical (unpaired) electrons. The zero-order valence-corrected chi connectivity index (χ0v) is 16.9. The van der Waals surface area contributed by atoms with Crippen molar-refractivity contribution >= 4 is 33.2 Å². The van der Waals surface area contributed by atoms with Gasteiger partial charge < -0.3 is 5.32 Å². The van der Waals surface area contributed by atoms with Gasteiger partial charge in [0.05, 0.1) is 15.5 Å². The maximum absolute atomic E-state index is 12.7. The third-order valence-corrected chi connectivity index (χ3v) is 7.07. The first-order valence-electron chi connectivity index (χ1n) is 8.88. The van der Waals surface area contributed by atoms with E-state index in [0.29, 0.717) is 37.2 Å². The van der Waals surface area contributed by atoms with Crippen molar-refractivity contribution in [3.05, 3.63) is 58.6 Å². The molecule has 1 saturated heterocycles. The third kappa shape index (κ3) is 4.36. The normalized spacial score (nSPS) is 15.8. The fraction of sp³-hybridized carbons (Fsp3) is 0.300. The minimum atomic E-state index is -3.55. The lowest BCUT2D eigenvalue weighted by atomic mass is 9.97.